The molecule has 0 heterocycles. The minimum Gasteiger partial charge on any atom is -0.494 e. The summed E-state index contributed by atoms with van der Waals surface area (Å²) < 4.78 is 47.0. The van der Waals surface area contributed by atoms with Crippen molar-refractivity contribution in [3.63, 3.8) is 0 Å². The van der Waals surface area contributed by atoms with E-state index in [1.165, 1.54) is 6.07 Å². The molecule has 8 heteroatoms. The fourth-order valence-corrected chi connectivity index (χ4v) is 2.60. The van der Waals surface area contributed by atoms with E-state index in [1.807, 2.05) is 0 Å². The predicted molar refractivity (Wildman–Crippen MR) is 61.0 cm³/mol. The van der Waals surface area contributed by atoms with Gasteiger partial charge in [0, 0.05) is 4.47 Å². The average Bonchev–Trinajstić information content (AvgIpc) is 2.33. The molecule has 0 bridgehead atoms. The predicted octanol–water partition coefficient (Wildman–Crippen LogP) is 4.34. The summed E-state index contributed by atoms with van der Waals surface area (Å²) in [6, 6.07) is 4.77. The molecule has 0 spiro atoms. The standard InChI is InChI=1S/C9H10BrF2O4P/c1-2-14-8-3-4-9(10)7(5-8)6-17(13,15-11)16-12/h3-5H,2,6H2,1H3. The number of rotatable bonds is 6. The highest BCUT2D eigenvalue weighted by Gasteiger charge is 2.29. The molecule has 0 fully saturated rings. The van der Waals surface area contributed by atoms with Crippen LogP contribution in [0.3, 0.4) is 0 Å². The Balaban J connectivity index is 2.96. The van der Waals surface area contributed by atoms with Gasteiger partial charge in [0.25, 0.3) is 0 Å². The first-order valence-corrected chi connectivity index (χ1v) is 7.17. The van der Waals surface area contributed by atoms with Crippen LogP contribution in [0.25, 0.3) is 0 Å². The van der Waals surface area contributed by atoms with Crippen molar-refractivity contribution in [2.24, 2.45) is 0 Å². The van der Waals surface area contributed by atoms with Crippen LogP contribution in [0, 0.1) is 0 Å². The van der Waals surface area contributed by atoms with Crippen LogP contribution in [0.15, 0.2) is 22.7 Å². The number of hydrogen-bond acceptors (Lipinski definition) is 4. The van der Waals surface area contributed by atoms with Gasteiger partial charge in [-0.15, -0.1) is 9.46 Å². The SMILES string of the molecule is CCOc1ccc(Br)c(CP(=O)(OF)OF)c1. The molecular formula is C9H10BrF2O4P. The summed E-state index contributed by atoms with van der Waals surface area (Å²) in [5.74, 6) is 0.495. The number of hydrogen-bond donors (Lipinski definition) is 0. The molecule has 96 valence electrons. The van der Waals surface area contributed by atoms with E-state index in [-0.39, 0.29) is 0 Å². The molecule has 0 saturated heterocycles. The van der Waals surface area contributed by atoms with E-state index >= 15 is 0 Å². The van der Waals surface area contributed by atoms with Crippen LogP contribution in [0.1, 0.15) is 12.5 Å². The van der Waals surface area contributed by atoms with Gasteiger partial charge in [0.05, 0.1) is 12.8 Å². The highest BCUT2D eigenvalue weighted by Crippen LogP contribution is 2.53. The summed E-state index contributed by atoms with van der Waals surface area (Å²) in [7, 11) is -4.39. The van der Waals surface area contributed by atoms with Crippen molar-refractivity contribution in [3.05, 3.63) is 28.2 Å². The van der Waals surface area contributed by atoms with Gasteiger partial charge >= 0.3 is 7.60 Å². The highest BCUT2D eigenvalue weighted by molar-refractivity contribution is 9.10. The van der Waals surface area contributed by atoms with Gasteiger partial charge in [0.2, 0.25) is 0 Å². The fourth-order valence-electron chi connectivity index (χ4n) is 1.20. The quantitative estimate of drug-likeness (QED) is 0.728. The molecule has 0 saturated carbocycles. The Bertz CT molecular complexity index is 421. The summed E-state index contributed by atoms with van der Waals surface area (Å²) >= 11 is 3.16. The van der Waals surface area contributed by atoms with Gasteiger partial charge in [0.15, 0.2) is 0 Å². The fraction of sp³-hybridized carbons (Fsp3) is 0.333. The maximum atomic E-state index is 11.9. The molecule has 0 unspecified atom stereocenters. The van der Waals surface area contributed by atoms with E-state index in [0.717, 1.165) is 0 Å². The van der Waals surface area contributed by atoms with Gasteiger partial charge in [-0.3, -0.25) is 4.57 Å². The lowest BCUT2D eigenvalue weighted by atomic mass is 10.2. The zero-order chi connectivity index (χ0) is 12.9. The van der Waals surface area contributed by atoms with Gasteiger partial charge in [-0.25, -0.2) is 0 Å². The Hall–Kier alpha value is -0.490. The first kappa shape index (κ1) is 14.6. The molecule has 1 aromatic rings. The number of benzene rings is 1. The van der Waals surface area contributed by atoms with E-state index in [9.17, 15) is 13.6 Å². The lowest BCUT2D eigenvalue weighted by Gasteiger charge is -2.10. The summed E-state index contributed by atoms with van der Waals surface area (Å²) in [5, 5.41) is 0. The molecule has 1 aromatic carbocycles. The van der Waals surface area contributed by atoms with E-state index in [4.69, 9.17) is 4.74 Å². The topological polar surface area (TPSA) is 44.8 Å². The zero-order valence-corrected chi connectivity index (χ0v) is 11.3. The third-order valence-electron chi connectivity index (χ3n) is 1.90. The lowest BCUT2D eigenvalue weighted by molar-refractivity contribution is -0.0881. The Morgan fingerprint density at radius 3 is 2.53 bits per heavy atom. The van der Waals surface area contributed by atoms with Gasteiger partial charge in [-0.2, -0.15) is 0 Å². The van der Waals surface area contributed by atoms with Crippen molar-refractivity contribution < 1.29 is 27.8 Å². The van der Waals surface area contributed by atoms with Gasteiger partial charge in [-0.1, -0.05) is 15.9 Å². The normalized spacial score (nSPS) is 11.5. The van der Waals surface area contributed by atoms with E-state index < -0.39 is 13.8 Å². The van der Waals surface area contributed by atoms with Crippen LogP contribution in [-0.4, -0.2) is 6.61 Å². The molecule has 0 atom stereocenters. The van der Waals surface area contributed by atoms with E-state index in [2.05, 4.69) is 25.4 Å². The maximum absolute atomic E-state index is 11.9. The van der Waals surface area contributed by atoms with Crippen LogP contribution >= 0.6 is 23.5 Å². The second-order valence-electron chi connectivity index (χ2n) is 3.09. The Kier molecular flexibility index (Phi) is 5.52. The van der Waals surface area contributed by atoms with Crippen molar-refractivity contribution in [2.75, 3.05) is 6.61 Å². The van der Waals surface area contributed by atoms with Gasteiger partial charge in [0.1, 0.15) is 5.75 Å². The van der Waals surface area contributed by atoms with Crippen molar-refractivity contribution in [2.45, 2.75) is 13.1 Å². The molecule has 0 aromatic heterocycles. The second-order valence-corrected chi connectivity index (χ2v) is 5.76. The van der Waals surface area contributed by atoms with Gasteiger partial charge < -0.3 is 4.74 Å². The number of halogens is 3. The second kappa shape index (κ2) is 6.44. The van der Waals surface area contributed by atoms with Crippen molar-refractivity contribution >= 4 is 23.5 Å². The minimum atomic E-state index is -4.39. The summed E-state index contributed by atoms with van der Waals surface area (Å²) in [6.45, 7) is 2.24. The lowest BCUT2D eigenvalue weighted by Crippen LogP contribution is -1.95. The van der Waals surface area contributed by atoms with Crippen LogP contribution in [0.4, 0.5) is 9.05 Å². The van der Waals surface area contributed by atoms with Crippen LogP contribution in [0.2, 0.25) is 0 Å². The van der Waals surface area contributed by atoms with Crippen molar-refractivity contribution in [1.82, 2.24) is 0 Å². The minimum absolute atomic E-state index is 0.356. The molecule has 1 rings (SSSR count). The van der Waals surface area contributed by atoms with Gasteiger partial charge in [-0.05, 0) is 39.7 Å². The molecule has 4 nitrogen and oxygen atoms in total. The Morgan fingerprint density at radius 1 is 1.35 bits per heavy atom. The first-order valence-electron chi connectivity index (χ1n) is 4.65. The van der Waals surface area contributed by atoms with E-state index in [1.54, 1.807) is 19.1 Å². The van der Waals surface area contributed by atoms with Crippen LogP contribution < -0.4 is 4.74 Å². The maximum Gasteiger partial charge on any atom is 0.399 e. The molecule has 0 N–H and O–H groups in total. The van der Waals surface area contributed by atoms with E-state index in [0.29, 0.717) is 22.4 Å². The average molecular weight is 331 g/mol. The third-order valence-corrected chi connectivity index (χ3v) is 3.82. The van der Waals surface area contributed by atoms with Crippen LogP contribution in [0.5, 0.6) is 5.75 Å². The largest absolute Gasteiger partial charge is 0.494 e. The Labute approximate surface area is 105 Å². The highest BCUT2D eigenvalue weighted by atomic mass is 79.9. The summed E-state index contributed by atoms with van der Waals surface area (Å²) in [4.78, 5) is 0. The molecule has 0 aliphatic carbocycles. The molecule has 0 amide bonds. The summed E-state index contributed by atoms with van der Waals surface area (Å²) in [5.41, 5.74) is 0.356. The molecule has 0 aliphatic heterocycles. The zero-order valence-electron chi connectivity index (χ0n) is 8.86. The third kappa shape index (κ3) is 4.03. The van der Waals surface area contributed by atoms with Crippen molar-refractivity contribution in [3.8, 4) is 5.75 Å². The van der Waals surface area contributed by atoms with Crippen LogP contribution in [-0.2, 0) is 20.2 Å². The summed E-state index contributed by atoms with van der Waals surface area (Å²) in [6.07, 6.45) is -0.540. The van der Waals surface area contributed by atoms with Crippen molar-refractivity contribution in [1.29, 1.82) is 0 Å². The Morgan fingerprint density at radius 2 is 2.00 bits per heavy atom. The molecule has 0 radical (unpaired) electrons. The smallest absolute Gasteiger partial charge is 0.399 e. The molecule has 17 heavy (non-hydrogen) atoms. The molecule has 0 aliphatic rings. The number of ether oxygens (including phenoxy) is 1. The first-order chi connectivity index (χ1) is 8.04. The monoisotopic (exact) mass is 330 g/mol. The molecular weight excluding hydrogens is 321 g/mol.